The minimum atomic E-state index is -1.40. The van der Waals surface area contributed by atoms with E-state index in [1.807, 2.05) is 24.3 Å². The fourth-order valence-electron chi connectivity index (χ4n) is 5.64. The second-order valence-corrected chi connectivity index (χ2v) is 13.2. The monoisotopic (exact) mass is 648 g/mol. The molecular formula is C32H48N4O8S. The third-order valence-corrected chi connectivity index (χ3v) is 9.11. The molecule has 3 amide bonds. The predicted octanol–water partition coefficient (Wildman–Crippen LogP) is 1.59. The van der Waals surface area contributed by atoms with Crippen LogP contribution in [0.1, 0.15) is 63.5 Å². The van der Waals surface area contributed by atoms with E-state index in [1.165, 1.54) is 11.8 Å². The highest BCUT2D eigenvalue weighted by Crippen LogP contribution is 2.31. The van der Waals surface area contributed by atoms with Gasteiger partial charge in [0.15, 0.2) is 0 Å². The van der Waals surface area contributed by atoms with Crippen LogP contribution in [0.3, 0.4) is 0 Å². The first-order chi connectivity index (χ1) is 21.6. The van der Waals surface area contributed by atoms with Crippen molar-refractivity contribution in [2.24, 2.45) is 5.92 Å². The van der Waals surface area contributed by atoms with Crippen LogP contribution in [0.5, 0.6) is 0 Å². The maximum absolute atomic E-state index is 13.9. The molecule has 5 N–H and O–H groups in total. The summed E-state index contributed by atoms with van der Waals surface area (Å²) in [6, 6.07) is 5.11. The molecule has 0 aromatic heterocycles. The first-order valence-corrected chi connectivity index (χ1v) is 16.7. The first-order valence-electron chi connectivity index (χ1n) is 15.7. The van der Waals surface area contributed by atoms with E-state index in [4.69, 9.17) is 9.47 Å². The van der Waals surface area contributed by atoms with E-state index in [2.05, 4.69) is 21.3 Å². The molecule has 2 aliphatic rings. The van der Waals surface area contributed by atoms with Gasteiger partial charge < -0.3 is 35.8 Å². The fraction of sp³-hybridized carbons (Fsp3) is 0.656. The molecule has 12 nitrogen and oxygen atoms in total. The third kappa shape index (κ3) is 11.1. The summed E-state index contributed by atoms with van der Waals surface area (Å²) in [6.45, 7) is 4.97. The van der Waals surface area contributed by atoms with Crippen LogP contribution >= 0.6 is 11.8 Å². The number of amides is 3. The highest BCUT2D eigenvalue weighted by Gasteiger charge is 2.47. The van der Waals surface area contributed by atoms with Gasteiger partial charge in [-0.1, -0.05) is 62.7 Å². The van der Waals surface area contributed by atoms with Gasteiger partial charge in [-0.15, -0.1) is 0 Å². The fourth-order valence-corrected chi connectivity index (χ4v) is 6.38. The maximum atomic E-state index is 13.9. The molecule has 13 heteroatoms. The normalized spacial score (nSPS) is 18.2. The van der Waals surface area contributed by atoms with Crippen molar-refractivity contribution in [2.75, 3.05) is 39.2 Å². The van der Waals surface area contributed by atoms with Crippen LogP contribution in [0.4, 0.5) is 0 Å². The van der Waals surface area contributed by atoms with Crippen molar-refractivity contribution in [3.8, 4) is 0 Å². The Morgan fingerprint density at radius 1 is 1.04 bits per heavy atom. The van der Waals surface area contributed by atoms with Gasteiger partial charge in [0.05, 0.1) is 19.3 Å². The zero-order valence-corrected chi connectivity index (χ0v) is 27.3. The Morgan fingerprint density at radius 3 is 2.36 bits per heavy atom. The van der Waals surface area contributed by atoms with E-state index in [1.54, 1.807) is 21.0 Å². The van der Waals surface area contributed by atoms with E-state index in [0.717, 1.165) is 36.9 Å². The number of rotatable bonds is 19. The Bertz CT molecular complexity index is 1150. The molecule has 0 saturated carbocycles. The third-order valence-electron chi connectivity index (χ3n) is 8.18. The Kier molecular flexibility index (Phi) is 14.8. The second kappa shape index (κ2) is 18.2. The van der Waals surface area contributed by atoms with Gasteiger partial charge in [0.1, 0.15) is 24.2 Å². The first kappa shape index (κ1) is 36.5. The van der Waals surface area contributed by atoms with Gasteiger partial charge in [0.25, 0.3) is 0 Å². The van der Waals surface area contributed by atoms with Crippen molar-refractivity contribution in [3.05, 3.63) is 35.4 Å². The number of benzene rings is 1. The van der Waals surface area contributed by atoms with Crippen LogP contribution < -0.4 is 21.3 Å². The molecule has 3 rings (SSSR count). The van der Waals surface area contributed by atoms with Crippen molar-refractivity contribution in [1.29, 1.82) is 0 Å². The summed E-state index contributed by atoms with van der Waals surface area (Å²) in [5, 5.41) is 21.4. The molecule has 45 heavy (non-hydrogen) atoms. The number of hydrogen-bond donors (Lipinski definition) is 5. The van der Waals surface area contributed by atoms with Gasteiger partial charge in [-0.3, -0.25) is 19.2 Å². The molecular weight excluding hydrogens is 600 g/mol. The van der Waals surface area contributed by atoms with Crippen molar-refractivity contribution >= 4 is 40.6 Å². The number of fused-ring (bicyclic) bond motifs is 1. The summed E-state index contributed by atoms with van der Waals surface area (Å²) in [5.41, 5.74) is 0.396. The number of unbranched alkanes of at least 4 members (excludes halogenated alkanes) is 2. The van der Waals surface area contributed by atoms with Crippen molar-refractivity contribution in [1.82, 2.24) is 21.3 Å². The summed E-state index contributed by atoms with van der Waals surface area (Å²) < 4.78 is 10.1. The van der Waals surface area contributed by atoms with E-state index in [-0.39, 0.29) is 42.4 Å². The zero-order valence-electron chi connectivity index (χ0n) is 26.5. The molecule has 0 radical (unpaired) electrons. The molecule has 0 spiro atoms. The van der Waals surface area contributed by atoms with Crippen LogP contribution in [-0.4, -0.2) is 96.8 Å². The lowest BCUT2D eigenvalue weighted by molar-refractivity contribution is -0.144. The van der Waals surface area contributed by atoms with E-state index in [9.17, 15) is 29.1 Å². The summed E-state index contributed by atoms with van der Waals surface area (Å²) in [4.78, 5) is 64.7. The van der Waals surface area contributed by atoms with Gasteiger partial charge in [-0.2, -0.15) is 0 Å². The molecule has 250 valence electrons. The Labute approximate surface area is 269 Å². The number of carboxylic acid groups (broad SMARTS) is 1. The van der Waals surface area contributed by atoms with Crippen LogP contribution in [0, 0.1) is 5.92 Å². The lowest BCUT2D eigenvalue weighted by atomic mass is 9.91. The minimum absolute atomic E-state index is 0.0289. The van der Waals surface area contributed by atoms with E-state index >= 15 is 0 Å². The van der Waals surface area contributed by atoms with Crippen LogP contribution in [-0.2, 0) is 46.3 Å². The number of carbonyl (C=O) groups excluding carboxylic acids is 4. The Hall–Kier alpha value is -3.00. The smallest absolute Gasteiger partial charge is 0.326 e. The van der Waals surface area contributed by atoms with Crippen molar-refractivity contribution < 1.29 is 38.6 Å². The topological polar surface area (TPSA) is 172 Å². The molecule has 1 aromatic carbocycles. The summed E-state index contributed by atoms with van der Waals surface area (Å²) in [7, 11) is 1.57. The Balaban J connectivity index is 1.67. The van der Waals surface area contributed by atoms with Crippen molar-refractivity contribution in [3.63, 3.8) is 0 Å². The van der Waals surface area contributed by atoms with Crippen LogP contribution in [0.15, 0.2) is 24.3 Å². The zero-order chi connectivity index (χ0) is 32.8. The predicted molar refractivity (Wildman–Crippen MR) is 171 cm³/mol. The highest BCUT2D eigenvalue weighted by atomic mass is 32.2. The number of hydrogen-bond acceptors (Lipinski definition) is 9. The van der Waals surface area contributed by atoms with Crippen LogP contribution in [0.25, 0.3) is 0 Å². The minimum Gasteiger partial charge on any atom is -0.480 e. The van der Waals surface area contributed by atoms with Crippen molar-refractivity contribution in [2.45, 2.75) is 88.9 Å². The number of carboxylic acids is 1. The van der Waals surface area contributed by atoms with Gasteiger partial charge in [-0.25, -0.2) is 4.79 Å². The number of carbonyl (C=O) groups is 5. The maximum Gasteiger partial charge on any atom is 0.326 e. The molecule has 1 aromatic rings. The number of aliphatic carboxylic acids is 1. The average molecular weight is 649 g/mol. The van der Waals surface area contributed by atoms with E-state index in [0.29, 0.717) is 38.2 Å². The van der Waals surface area contributed by atoms with Crippen LogP contribution in [0.2, 0.25) is 0 Å². The number of thioether (sulfide) groups is 1. The molecule has 3 atom stereocenters. The van der Waals surface area contributed by atoms with Gasteiger partial charge in [0.2, 0.25) is 22.8 Å². The Morgan fingerprint density at radius 2 is 1.76 bits per heavy atom. The largest absolute Gasteiger partial charge is 0.480 e. The van der Waals surface area contributed by atoms with Gasteiger partial charge in [0, 0.05) is 25.7 Å². The molecule has 1 saturated heterocycles. The molecule has 1 heterocycles. The van der Waals surface area contributed by atoms with Gasteiger partial charge >= 0.3 is 5.97 Å². The van der Waals surface area contributed by atoms with E-state index < -0.39 is 35.4 Å². The average Bonchev–Trinajstić information content (AvgIpc) is 3.67. The summed E-state index contributed by atoms with van der Waals surface area (Å²) in [6.07, 6.45) is 4.39. The number of nitrogens with one attached hydrogen (secondary N) is 4. The second-order valence-electron chi connectivity index (χ2n) is 12.1. The number of methoxy groups -OCH3 is 1. The summed E-state index contributed by atoms with van der Waals surface area (Å²) >= 11 is 1.21. The highest BCUT2D eigenvalue weighted by molar-refractivity contribution is 8.13. The molecule has 0 unspecified atom stereocenters. The van der Waals surface area contributed by atoms with Gasteiger partial charge in [-0.05, 0) is 49.3 Å². The SMILES string of the molecule is COCCOCC(=O)SCCCCC[C@H](NC(=O)[C@@H]1CCCN1)C(=O)NC1(C(=O)N[C@H](C(=O)O)C(C)C)Cc2ccccc2C1. The lowest BCUT2D eigenvalue weighted by Gasteiger charge is -2.33. The summed E-state index contributed by atoms with van der Waals surface area (Å²) in [5.74, 6) is -2.22. The molecule has 1 aliphatic heterocycles. The lowest BCUT2D eigenvalue weighted by Crippen LogP contribution is -2.65. The standard InChI is InChI=1S/C32H48N4O8S/c1-21(2)27(30(40)41)35-31(42)32(18-22-10-6-7-11-23(22)19-32)36-29(39)25(34-28(38)24-13-9-14-33-24)12-5-4-8-17-45-26(37)20-44-16-15-43-3/h6-7,10-11,21,24-25,27,33H,4-5,8-9,12-20H2,1-3H3,(H,34,38)(H,35,42)(H,36,39)(H,40,41)/t24-,25-,27-/m0/s1. The number of ether oxygens (including phenoxy) is 2. The molecule has 1 aliphatic carbocycles. The molecule has 1 fully saturated rings. The molecule has 0 bridgehead atoms. The quantitative estimate of drug-likeness (QED) is 0.139.